The molecule has 0 rings (SSSR count). The van der Waals surface area contributed by atoms with Crippen molar-refractivity contribution in [3.05, 3.63) is 12.2 Å². The third kappa shape index (κ3) is 26.9. The maximum absolute atomic E-state index is 12.4. The molecule has 10 heteroatoms. The number of hydrogen-bond acceptors (Lipinski definition) is 8. The first-order valence-corrected chi connectivity index (χ1v) is 16.9. The van der Waals surface area contributed by atoms with Gasteiger partial charge in [-0.25, -0.2) is 0 Å². The number of unbranched alkanes of at least 4 members (excludes halogenated alkanes) is 11. The Labute approximate surface area is 244 Å². The molecule has 9 nitrogen and oxygen atoms in total. The molecule has 2 unspecified atom stereocenters. The van der Waals surface area contributed by atoms with Gasteiger partial charge in [0.15, 0.2) is 6.10 Å². The fourth-order valence-corrected chi connectivity index (χ4v) is 4.47. The maximum Gasteiger partial charge on any atom is 0.306 e. The van der Waals surface area contributed by atoms with Crippen LogP contribution in [0.15, 0.2) is 12.2 Å². The molecule has 0 saturated carbocycles. The number of ether oxygens (including phenoxy) is 2. The van der Waals surface area contributed by atoms with Crippen LogP contribution >= 0.6 is 7.82 Å². The van der Waals surface area contributed by atoms with E-state index < -0.39 is 32.5 Å². The molecule has 236 valence electrons. The minimum Gasteiger partial charge on any atom is -0.756 e. The molecule has 0 saturated heterocycles. The van der Waals surface area contributed by atoms with Crippen LogP contribution in [0.5, 0.6) is 0 Å². The summed E-state index contributed by atoms with van der Waals surface area (Å²) in [5.41, 5.74) is 0. The van der Waals surface area contributed by atoms with Gasteiger partial charge in [-0.3, -0.25) is 14.2 Å². The lowest BCUT2D eigenvalue weighted by Crippen LogP contribution is -2.37. The van der Waals surface area contributed by atoms with Gasteiger partial charge in [0.2, 0.25) is 0 Å². The molecule has 40 heavy (non-hydrogen) atoms. The summed E-state index contributed by atoms with van der Waals surface area (Å²) in [6.45, 7) is 3.90. The summed E-state index contributed by atoms with van der Waals surface area (Å²) in [5, 5.41) is 0. The van der Waals surface area contributed by atoms with E-state index in [4.69, 9.17) is 18.5 Å². The summed E-state index contributed by atoms with van der Waals surface area (Å²) in [6, 6.07) is 0. The first-order chi connectivity index (χ1) is 19.0. The van der Waals surface area contributed by atoms with Gasteiger partial charge in [0.25, 0.3) is 7.82 Å². The number of carbonyl (C=O) groups is 2. The Bertz CT molecular complexity index is 723. The Balaban J connectivity index is 4.32. The predicted molar refractivity (Wildman–Crippen MR) is 158 cm³/mol. The minimum atomic E-state index is -4.59. The lowest BCUT2D eigenvalue weighted by molar-refractivity contribution is -0.870. The Morgan fingerprint density at radius 1 is 0.750 bits per heavy atom. The highest BCUT2D eigenvalue weighted by atomic mass is 31.2. The van der Waals surface area contributed by atoms with E-state index >= 15 is 0 Å². The van der Waals surface area contributed by atoms with E-state index in [9.17, 15) is 19.0 Å². The van der Waals surface area contributed by atoms with E-state index in [0.717, 1.165) is 38.5 Å². The molecule has 0 spiro atoms. The maximum atomic E-state index is 12.4. The molecule has 0 aliphatic carbocycles. The standard InChI is InChI=1S/C30H58NO8P/c1-6-8-10-11-12-13-14-15-16-17-18-19-20-21-23-30(33)39-28(26-36-29(32)22-9-7-2)27-38-40(34,35)37-25-24-31(3,4)5/h14-15,28H,6-13,16-27H2,1-5H3/b15-14-. The monoisotopic (exact) mass is 591 g/mol. The largest absolute Gasteiger partial charge is 0.756 e. The van der Waals surface area contributed by atoms with E-state index in [1.807, 2.05) is 28.1 Å². The van der Waals surface area contributed by atoms with Gasteiger partial charge in [-0.15, -0.1) is 0 Å². The van der Waals surface area contributed by atoms with Crippen LogP contribution < -0.4 is 4.89 Å². The van der Waals surface area contributed by atoms with Gasteiger partial charge in [0, 0.05) is 12.8 Å². The summed E-state index contributed by atoms with van der Waals surface area (Å²) >= 11 is 0. The number of phosphoric ester groups is 1. The Morgan fingerprint density at radius 2 is 1.30 bits per heavy atom. The highest BCUT2D eigenvalue weighted by Crippen LogP contribution is 2.38. The Hall–Kier alpha value is -1.25. The summed E-state index contributed by atoms with van der Waals surface area (Å²) < 4.78 is 33.1. The van der Waals surface area contributed by atoms with E-state index in [2.05, 4.69) is 19.1 Å². The highest BCUT2D eigenvalue weighted by Gasteiger charge is 2.21. The van der Waals surface area contributed by atoms with Crippen LogP contribution in [0, 0.1) is 0 Å². The van der Waals surface area contributed by atoms with Crippen LogP contribution in [-0.2, 0) is 32.7 Å². The van der Waals surface area contributed by atoms with Crippen molar-refractivity contribution < 1.29 is 42.1 Å². The first kappa shape index (κ1) is 38.8. The molecule has 0 aromatic rings. The summed E-state index contributed by atoms with van der Waals surface area (Å²) in [5.74, 6) is -0.888. The van der Waals surface area contributed by atoms with Crippen molar-refractivity contribution in [2.24, 2.45) is 0 Å². The second-order valence-electron chi connectivity index (χ2n) is 11.5. The third-order valence-electron chi connectivity index (χ3n) is 6.29. The molecule has 0 N–H and O–H groups in total. The molecule has 0 radical (unpaired) electrons. The number of hydrogen-bond donors (Lipinski definition) is 0. The summed E-state index contributed by atoms with van der Waals surface area (Å²) in [6.07, 6.45) is 19.3. The lowest BCUT2D eigenvalue weighted by atomic mass is 10.1. The van der Waals surface area contributed by atoms with Gasteiger partial charge >= 0.3 is 11.9 Å². The summed E-state index contributed by atoms with van der Waals surface area (Å²) in [4.78, 5) is 36.4. The molecule has 0 fully saturated rings. The number of likely N-dealkylation sites (N-methyl/N-ethyl adjacent to an activating group) is 1. The van der Waals surface area contributed by atoms with Gasteiger partial charge in [-0.2, -0.15) is 0 Å². The average molecular weight is 592 g/mol. The van der Waals surface area contributed by atoms with Crippen LogP contribution in [0.3, 0.4) is 0 Å². The van der Waals surface area contributed by atoms with E-state index in [0.29, 0.717) is 23.9 Å². The number of rotatable bonds is 27. The van der Waals surface area contributed by atoms with Crippen molar-refractivity contribution in [3.63, 3.8) is 0 Å². The quantitative estimate of drug-likeness (QED) is 0.0351. The second kappa shape index (κ2) is 24.4. The van der Waals surface area contributed by atoms with E-state index in [1.165, 1.54) is 38.5 Å². The van der Waals surface area contributed by atoms with Crippen LogP contribution in [0.25, 0.3) is 0 Å². The molecule has 0 aromatic carbocycles. The van der Waals surface area contributed by atoms with Crippen LogP contribution in [0.4, 0.5) is 0 Å². The molecular formula is C30H58NO8P. The summed E-state index contributed by atoms with van der Waals surface area (Å²) in [7, 11) is 1.15. The van der Waals surface area contributed by atoms with Crippen molar-refractivity contribution in [2.75, 3.05) is 47.5 Å². The van der Waals surface area contributed by atoms with Crippen molar-refractivity contribution >= 4 is 19.8 Å². The zero-order valence-corrected chi connectivity index (χ0v) is 26.9. The molecule has 0 aliphatic rings. The lowest BCUT2D eigenvalue weighted by Gasteiger charge is -2.28. The van der Waals surface area contributed by atoms with Crippen LogP contribution in [-0.4, -0.2) is 70.0 Å². The Morgan fingerprint density at radius 3 is 1.90 bits per heavy atom. The van der Waals surface area contributed by atoms with Crippen molar-refractivity contribution in [1.29, 1.82) is 0 Å². The van der Waals surface area contributed by atoms with Gasteiger partial charge in [0.05, 0.1) is 27.7 Å². The number of allylic oxidation sites excluding steroid dienone is 2. The van der Waals surface area contributed by atoms with Gasteiger partial charge in [0.1, 0.15) is 19.8 Å². The van der Waals surface area contributed by atoms with Crippen molar-refractivity contribution in [3.8, 4) is 0 Å². The van der Waals surface area contributed by atoms with Crippen molar-refractivity contribution in [1.82, 2.24) is 0 Å². The first-order valence-electron chi connectivity index (χ1n) is 15.4. The zero-order chi connectivity index (χ0) is 30.1. The number of esters is 2. The zero-order valence-electron chi connectivity index (χ0n) is 26.0. The molecule has 0 amide bonds. The smallest absolute Gasteiger partial charge is 0.306 e. The van der Waals surface area contributed by atoms with E-state index in [-0.39, 0.29) is 26.1 Å². The number of nitrogens with zero attached hydrogens (tertiary/aromatic N) is 1. The Kier molecular flexibility index (Phi) is 23.6. The second-order valence-corrected chi connectivity index (χ2v) is 12.9. The fourth-order valence-electron chi connectivity index (χ4n) is 3.74. The normalized spacial score (nSPS) is 14.2. The SMILES string of the molecule is CCCCCCC/C=C\CCCCCCCC(=O)OC(COC(=O)CCCC)COP(=O)([O-])OCC[N+](C)(C)C. The number of phosphoric acid groups is 1. The molecule has 0 aromatic heterocycles. The third-order valence-corrected chi connectivity index (χ3v) is 7.25. The number of quaternary nitrogens is 1. The van der Waals surface area contributed by atoms with Gasteiger partial charge in [-0.1, -0.05) is 77.4 Å². The molecular weight excluding hydrogens is 533 g/mol. The molecule has 0 bridgehead atoms. The van der Waals surface area contributed by atoms with E-state index in [1.54, 1.807) is 0 Å². The van der Waals surface area contributed by atoms with Crippen LogP contribution in [0.1, 0.15) is 117 Å². The molecule has 0 heterocycles. The predicted octanol–water partition coefficient (Wildman–Crippen LogP) is 6.49. The number of carbonyl (C=O) groups excluding carboxylic acids is 2. The fraction of sp³-hybridized carbons (Fsp3) is 0.867. The molecule has 2 atom stereocenters. The topological polar surface area (TPSA) is 111 Å². The molecule has 0 aliphatic heterocycles. The highest BCUT2D eigenvalue weighted by molar-refractivity contribution is 7.45. The van der Waals surface area contributed by atoms with Gasteiger partial charge < -0.3 is 27.9 Å². The van der Waals surface area contributed by atoms with Crippen LogP contribution in [0.2, 0.25) is 0 Å². The average Bonchev–Trinajstić information content (AvgIpc) is 2.88. The minimum absolute atomic E-state index is 0.0316. The van der Waals surface area contributed by atoms with Crippen molar-refractivity contribution in [2.45, 2.75) is 123 Å². The van der Waals surface area contributed by atoms with Gasteiger partial charge in [-0.05, 0) is 38.5 Å².